The van der Waals surface area contributed by atoms with E-state index < -0.39 is 0 Å². The molecule has 0 unspecified atom stereocenters. The molecule has 1 aromatic carbocycles. The van der Waals surface area contributed by atoms with Gasteiger partial charge in [-0.1, -0.05) is 15.9 Å². The number of hydrogen-bond donors (Lipinski definition) is 1. The molecule has 0 atom stereocenters. The van der Waals surface area contributed by atoms with Gasteiger partial charge >= 0.3 is 0 Å². The number of aliphatic hydroxyl groups is 1. The fourth-order valence-electron chi connectivity index (χ4n) is 1.21. The summed E-state index contributed by atoms with van der Waals surface area (Å²) in [7, 11) is 0. The Morgan fingerprint density at radius 2 is 2.21 bits per heavy atom. The average molecular weight is 263 g/mol. The summed E-state index contributed by atoms with van der Waals surface area (Å²) in [5, 5.41) is 9.41. The third kappa shape index (κ3) is 2.45. The van der Waals surface area contributed by atoms with Crippen molar-refractivity contribution in [2.75, 3.05) is 6.61 Å². The Balaban J connectivity index is 3.10. The molecule has 2 nitrogen and oxygen atoms in total. The summed E-state index contributed by atoms with van der Waals surface area (Å²) in [6.45, 7) is 2.13. The van der Waals surface area contributed by atoms with Gasteiger partial charge < -0.3 is 9.84 Å². The van der Waals surface area contributed by atoms with Crippen LogP contribution in [0.15, 0.2) is 12.1 Å². The van der Waals surface area contributed by atoms with Crippen molar-refractivity contribution in [2.24, 2.45) is 0 Å². The molecular formula is C10H12BrFO2. The second-order valence-corrected chi connectivity index (χ2v) is 3.33. The van der Waals surface area contributed by atoms with Crippen LogP contribution in [-0.2, 0) is 11.9 Å². The maximum Gasteiger partial charge on any atom is 0.131 e. The minimum atomic E-state index is -0.350. The third-order valence-corrected chi connectivity index (χ3v) is 2.44. The van der Waals surface area contributed by atoms with Gasteiger partial charge in [-0.3, -0.25) is 0 Å². The van der Waals surface area contributed by atoms with Crippen LogP contribution in [0.1, 0.15) is 18.1 Å². The number of hydrogen-bond acceptors (Lipinski definition) is 2. The predicted molar refractivity (Wildman–Crippen MR) is 56.1 cm³/mol. The predicted octanol–water partition coefficient (Wildman–Crippen LogP) is 2.61. The third-order valence-electron chi connectivity index (χ3n) is 1.88. The molecular weight excluding hydrogens is 251 g/mol. The van der Waals surface area contributed by atoms with E-state index >= 15 is 0 Å². The van der Waals surface area contributed by atoms with Crippen LogP contribution in [0.4, 0.5) is 4.39 Å². The first-order valence-corrected chi connectivity index (χ1v) is 5.46. The molecule has 0 fully saturated rings. The second kappa shape index (κ2) is 5.32. The largest absolute Gasteiger partial charge is 0.494 e. The first-order valence-electron chi connectivity index (χ1n) is 4.33. The highest BCUT2D eigenvalue weighted by Gasteiger charge is 2.09. The minimum Gasteiger partial charge on any atom is -0.494 e. The van der Waals surface area contributed by atoms with Crippen molar-refractivity contribution in [3.63, 3.8) is 0 Å². The smallest absolute Gasteiger partial charge is 0.131 e. The molecule has 4 heteroatoms. The Labute approximate surface area is 90.8 Å². The molecule has 0 radical (unpaired) electrons. The molecule has 0 saturated heterocycles. The first kappa shape index (κ1) is 11.5. The van der Waals surface area contributed by atoms with E-state index in [4.69, 9.17) is 9.84 Å². The Kier molecular flexibility index (Phi) is 4.35. The van der Waals surface area contributed by atoms with E-state index in [-0.39, 0.29) is 12.4 Å². The molecule has 0 saturated carbocycles. The van der Waals surface area contributed by atoms with E-state index in [1.165, 1.54) is 6.07 Å². The lowest BCUT2D eigenvalue weighted by Crippen LogP contribution is -1.99. The Hall–Kier alpha value is -0.610. The van der Waals surface area contributed by atoms with Gasteiger partial charge in [0, 0.05) is 17.0 Å². The zero-order valence-corrected chi connectivity index (χ0v) is 9.47. The van der Waals surface area contributed by atoms with Crippen LogP contribution >= 0.6 is 15.9 Å². The van der Waals surface area contributed by atoms with Crippen LogP contribution in [0.5, 0.6) is 5.75 Å². The summed E-state index contributed by atoms with van der Waals surface area (Å²) >= 11 is 3.17. The van der Waals surface area contributed by atoms with Crippen molar-refractivity contribution >= 4 is 15.9 Å². The van der Waals surface area contributed by atoms with Gasteiger partial charge in [0.15, 0.2) is 0 Å². The highest BCUT2D eigenvalue weighted by molar-refractivity contribution is 9.08. The van der Waals surface area contributed by atoms with Crippen LogP contribution in [0.2, 0.25) is 0 Å². The van der Waals surface area contributed by atoms with Gasteiger partial charge in [0.2, 0.25) is 0 Å². The number of aliphatic hydroxyl groups excluding tert-OH is 1. The summed E-state index contributed by atoms with van der Waals surface area (Å²) < 4.78 is 18.6. The van der Waals surface area contributed by atoms with Crippen molar-refractivity contribution in [1.29, 1.82) is 0 Å². The van der Waals surface area contributed by atoms with Crippen LogP contribution in [0.25, 0.3) is 0 Å². The van der Waals surface area contributed by atoms with Crippen molar-refractivity contribution < 1.29 is 14.2 Å². The lowest BCUT2D eigenvalue weighted by Gasteiger charge is -2.09. The van der Waals surface area contributed by atoms with E-state index in [0.29, 0.717) is 28.8 Å². The van der Waals surface area contributed by atoms with Crippen LogP contribution in [0, 0.1) is 5.82 Å². The number of alkyl halides is 1. The first-order chi connectivity index (χ1) is 6.72. The number of benzene rings is 1. The quantitative estimate of drug-likeness (QED) is 0.846. The minimum absolute atomic E-state index is 0.182. The SMILES string of the molecule is CCOc1cc(F)c(CBr)c(CO)c1. The van der Waals surface area contributed by atoms with E-state index in [2.05, 4.69) is 15.9 Å². The summed E-state index contributed by atoms with van der Waals surface area (Å²) in [4.78, 5) is 0. The molecule has 0 amide bonds. The normalized spacial score (nSPS) is 10.3. The van der Waals surface area contributed by atoms with Gasteiger partial charge in [-0.05, 0) is 18.6 Å². The van der Waals surface area contributed by atoms with Crippen LogP contribution < -0.4 is 4.74 Å². The van der Waals surface area contributed by atoms with Gasteiger partial charge in [-0.15, -0.1) is 0 Å². The molecule has 0 aliphatic heterocycles. The van der Waals surface area contributed by atoms with Crippen molar-refractivity contribution in [3.8, 4) is 5.75 Å². The number of halogens is 2. The van der Waals surface area contributed by atoms with Gasteiger partial charge in [0.05, 0.1) is 13.2 Å². The average Bonchev–Trinajstić information content (AvgIpc) is 2.17. The summed E-state index contributed by atoms with van der Waals surface area (Å²) in [6, 6.07) is 2.99. The molecule has 0 spiro atoms. The van der Waals surface area contributed by atoms with Gasteiger partial charge in [-0.25, -0.2) is 4.39 Å². The van der Waals surface area contributed by atoms with Crippen molar-refractivity contribution in [1.82, 2.24) is 0 Å². The zero-order valence-electron chi connectivity index (χ0n) is 7.89. The molecule has 78 valence electrons. The molecule has 0 aliphatic carbocycles. The van der Waals surface area contributed by atoms with Gasteiger partial charge in [-0.2, -0.15) is 0 Å². The molecule has 0 aromatic heterocycles. The molecule has 1 rings (SSSR count). The molecule has 1 aromatic rings. The highest BCUT2D eigenvalue weighted by Crippen LogP contribution is 2.23. The van der Waals surface area contributed by atoms with Gasteiger partial charge in [0.25, 0.3) is 0 Å². The van der Waals surface area contributed by atoms with Gasteiger partial charge in [0.1, 0.15) is 11.6 Å². The monoisotopic (exact) mass is 262 g/mol. The summed E-state index contributed by atoms with van der Waals surface area (Å²) in [6.07, 6.45) is 0. The lowest BCUT2D eigenvalue weighted by atomic mass is 10.1. The van der Waals surface area contributed by atoms with E-state index in [1.54, 1.807) is 6.07 Å². The fourth-order valence-corrected chi connectivity index (χ4v) is 1.83. The van der Waals surface area contributed by atoms with Crippen molar-refractivity contribution in [3.05, 3.63) is 29.1 Å². The summed E-state index contributed by atoms with van der Waals surface area (Å²) in [5.41, 5.74) is 1.04. The van der Waals surface area contributed by atoms with Crippen LogP contribution in [-0.4, -0.2) is 11.7 Å². The van der Waals surface area contributed by atoms with Crippen LogP contribution in [0.3, 0.4) is 0 Å². The topological polar surface area (TPSA) is 29.5 Å². The zero-order chi connectivity index (χ0) is 10.6. The molecule has 0 aliphatic rings. The lowest BCUT2D eigenvalue weighted by molar-refractivity contribution is 0.278. The second-order valence-electron chi connectivity index (χ2n) is 2.77. The van der Waals surface area contributed by atoms with Crippen molar-refractivity contribution in [2.45, 2.75) is 18.9 Å². The number of rotatable bonds is 4. The molecule has 1 N–H and O–H groups in total. The molecule has 0 heterocycles. The number of ether oxygens (including phenoxy) is 1. The van der Waals surface area contributed by atoms with E-state index in [1.807, 2.05) is 6.92 Å². The molecule has 14 heavy (non-hydrogen) atoms. The summed E-state index contributed by atoms with van der Waals surface area (Å²) in [5.74, 6) is 0.107. The maximum atomic E-state index is 13.4. The standard InChI is InChI=1S/C10H12BrFO2/c1-2-14-8-3-7(6-13)9(5-11)10(12)4-8/h3-4,13H,2,5-6H2,1H3. The fraction of sp³-hybridized carbons (Fsp3) is 0.400. The highest BCUT2D eigenvalue weighted by atomic mass is 79.9. The Morgan fingerprint density at radius 1 is 1.50 bits per heavy atom. The Morgan fingerprint density at radius 3 is 2.71 bits per heavy atom. The maximum absolute atomic E-state index is 13.4. The Bertz CT molecular complexity index is 315. The molecule has 0 bridgehead atoms. The van der Waals surface area contributed by atoms with E-state index in [9.17, 15) is 4.39 Å². The van der Waals surface area contributed by atoms with E-state index in [0.717, 1.165) is 0 Å².